The summed E-state index contributed by atoms with van der Waals surface area (Å²) in [6, 6.07) is 1.55. The summed E-state index contributed by atoms with van der Waals surface area (Å²) in [6.45, 7) is 11.4. The van der Waals surface area contributed by atoms with E-state index in [1.807, 2.05) is 0 Å². The lowest BCUT2D eigenvalue weighted by atomic mass is 9.99. The number of aromatic nitrogens is 3. The number of halogens is 2. The monoisotopic (exact) mass is 461 g/mol. The third-order valence-corrected chi connectivity index (χ3v) is 4.88. The van der Waals surface area contributed by atoms with Crippen LogP contribution in [0.15, 0.2) is 50.0 Å². The third-order valence-electron chi connectivity index (χ3n) is 4.88. The molecule has 0 saturated carbocycles. The van der Waals surface area contributed by atoms with Gasteiger partial charge in [-0.25, -0.2) is 9.48 Å². The molecule has 0 radical (unpaired) electrons. The van der Waals surface area contributed by atoms with Gasteiger partial charge in [-0.05, 0) is 26.8 Å². The summed E-state index contributed by atoms with van der Waals surface area (Å²) in [4.78, 5) is 30.1. The number of nitrogens with zero attached hydrogens (tertiary/aromatic N) is 4. The fourth-order valence-electron chi connectivity index (χ4n) is 3.37. The van der Waals surface area contributed by atoms with Gasteiger partial charge in [0.1, 0.15) is 6.10 Å². The molecule has 2 aromatic heterocycles. The Kier molecular flexibility index (Phi) is 8.08. The number of primary amides is 1. The van der Waals surface area contributed by atoms with E-state index in [-0.39, 0.29) is 29.3 Å². The molecular formula is C23H29F2N5O3. The highest BCUT2D eigenvalue weighted by Gasteiger charge is 2.35. The summed E-state index contributed by atoms with van der Waals surface area (Å²) in [5.74, 6) is -0.879. The summed E-state index contributed by atoms with van der Waals surface area (Å²) in [5, 5.41) is 3.85. The van der Waals surface area contributed by atoms with Crippen molar-refractivity contribution < 1.29 is 23.1 Å². The van der Waals surface area contributed by atoms with Gasteiger partial charge in [0.15, 0.2) is 0 Å². The fraction of sp³-hybridized carbons (Fsp3) is 0.391. The molecule has 2 rings (SSSR count). The van der Waals surface area contributed by atoms with Crippen LogP contribution in [0, 0.1) is 5.92 Å². The lowest BCUT2D eigenvalue weighted by Gasteiger charge is -2.37. The molecule has 10 heteroatoms. The lowest BCUT2D eigenvalue weighted by Crippen LogP contribution is -2.48. The van der Waals surface area contributed by atoms with E-state index in [4.69, 9.17) is 10.5 Å². The predicted octanol–water partition coefficient (Wildman–Crippen LogP) is 5.01. The molecule has 178 valence electrons. The highest BCUT2D eigenvalue weighted by atomic mass is 19.3. The minimum atomic E-state index is -2.98. The average Bonchev–Trinajstić information content (AvgIpc) is 3.16. The third kappa shape index (κ3) is 5.82. The van der Waals surface area contributed by atoms with Crippen LogP contribution in [0.2, 0.25) is 0 Å². The van der Waals surface area contributed by atoms with Crippen molar-refractivity contribution in [2.45, 2.75) is 52.3 Å². The second-order valence-corrected chi connectivity index (χ2v) is 8.43. The largest absolute Gasteiger partial charge is 0.441 e. The number of pyridine rings is 1. The fourth-order valence-corrected chi connectivity index (χ4v) is 3.37. The van der Waals surface area contributed by atoms with Gasteiger partial charge in [0.05, 0.1) is 23.5 Å². The van der Waals surface area contributed by atoms with Gasteiger partial charge in [-0.3, -0.25) is 9.78 Å². The number of carbonyl (C=O) groups excluding carboxylic acids is 2. The number of anilines is 1. The van der Waals surface area contributed by atoms with Gasteiger partial charge in [-0.2, -0.15) is 13.9 Å². The average molecular weight is 462 g/mol. The number of hydrogen-bond donors (Lipinski definition) is 1. The molecule has 0 bridgehead atoms. The molecule has 0 aliphatic carbocycles. The molecule has 33 heavy (non-hydrogen) atoms. The standard InChI is InChI=1S/C23H29F2N5O3/c1-7-9-18(33-22(26)32)15-10-16(12-27-11-15)19-17(13-28-30(19)21(24)25)29(23(4,5)6)20(31)14(3)8-2/h7-8,10-14,18,21H,1-2,9H2,3-6H3,(H2,26,32). The maximum Gasteiger partial charge on any atom is 0.405 e. The van der Waals surface area contributed by atoms with Crippen LogP contribution in [0.25, 0.3) is 11.3 Å². The number of rotatable bonds is 9. The van der Waals surface area contributed by atoms with Crippen LogP contribution >= 0.6 is 0 Å². The summed E-state index contributed by atoms with van der Waals surface area (Å²) in [7, 11) is 0. The zero-order valence-corrected chi connectivity index (χ0v) is 19.2. The van der Waals surface area contributed by atoms with Crippen molar-refractivity contribution in [3.05, 3.63) is 55.5 Å². The van der Waals surface area contributed by atoms with Crippen molar-refractivity contribution in [2.75, 3.05) is 4.90 Å². The van der Waals surface area contributed by atoms with E-state index >= 15 is 0 Å². The van der Waals surface area contributed by atoms with Crippen molar-refractivity contribution in [1.29, 1.82) is 0 Å². The number of hydrogen-bond acceptors (Lipinski definition) is 5. The Hall–Kier alpha value is -3.56. The number of nitrogens with two attached hydrogens (primary N) is 1. The van der Waals surface area contributed by atoms with Crippen LogP contribution < -0.4 is 10.6 Å². The molecule has 2 unspecified atom stereocenters. The Morgan fingerprint density at radius 3 is 2.45 bits per heavy atom. The molecule has 2 N–H and O–H groups in total. The molecule has 0 aliphatic rings. The molecule has 0 spiro atoms. The number of ether oxygens (including phenoxy) is 1. The van der Waals surface area contributed by atoms with Crippen molar-refractivity contribution in [3.63, 3.8) is 0 Å². The SMILES string of the molecule is C=CCC(OC(N)=O)c1cncc(-c2c(N(C(=O)C(C)C=C)C(C)(C)C)cnn2C(F)F)c1. The van der Waals surface area contributed by atoms with Crippen LogP contribution in [0.1, 0.15) is 52.3 Å². The number of alkyl halides is 2. The molecule has 0 aromatic carbocycles. The quantitative estimate of drug-likeness (QED) is 0.529. The van der Waals surface area contributed by atoms with Gasteiger partial charge in [0.25, 0.3) is 0 Å². The first kappa shape index (κ1) is 25.7. The highest BCUT2D eigenvalue weighted by molar-refractivity contribution is 6.00. The van der Waals surface area contributed by atoms with Gasteiger partial charge in [0, 0.05) is 35.5 Å². The lowest BCUT2D eigenvalue weighted by molar-refractivity contribution is -0.121. The van der Waals surface area contributed by atoms with Crippen LogP contribution in [-0.4, -0.2) is 32.3 Å². The van der Waals surface area contributed by atoms with E-state index in [9.17, 15) is 18.4 Å². The Morgan fingerprint density at radius 1 is 1.27 bits per heavy atom. The topological polar surface area (TPSA) is 103 Å². The van der Waals surface area contributed by atoms with Crippen molar-refractivity contribution in [2.24, 2.45) is 11.7 Å². The molecular weight excluding hydrogens is 432 g/mol. The summed E-state index contributed by atoms with van der Waals surface area (Å²) in [5.41, 5.74) is 5.27. The molecule has 8 nitrogen and oxygen atoms in total. The van der Waals surface area contributed by atoms with Crippen LogP contribution in [0.5, 0.6) is 0 Å². The number of carbonyl (C=O) groups is 2. The molecule has 2 atom stereocenters. The molecule has 0 aliphatic heterocycles. The first-order valence-electron chi connectivity index (χ1n) is 10.3. The van der Waals surface area contributed by atoms with E-state index in [1.54, 1.807) is 33.8 Å². The van der Waals surface area contributed by atoms with Gasteiger partial charge < -0.3 is 15.4 Å². The van der Waals surface area contributed by atoms with Crippen LogP contribution in [0.3, 0.4) is 0 Å². The molecule has 2 aromatic rings. The minimum absolute atomic E-state index is 0.00434. The summed E-state index contributed by atoms with van der Waals surface area (Å²) >= 11 is 0. The van der Waals surface area contributed by atoms with Gasteiger partial charge >= 0.3 is 12.6 Å². The maximum absolute atomic E-state index is 13.9. The Labute approximate surface area is 191 Å². The first-order valence-corrected chi connectivity index (χ1v) is 10.3. The van der Waals surface area contributed by atoms with Crippen molar-refractivity contribution in [3.8, 4) is 11.3 Å². The van der Waals surface area contributed by atoms with Gasteiger partial charge in [-0.1, -0.05) is 19.1 Å². The van der Waals surface area contributed by atoms with Crippen LogP contribution in [0.4, 0.5) is 19.3 Å². The van der Waals surface area contributed by atoms with Crippen LogP contribution in [-0.2, 0) is 9.53 Å². The zero-order chi connectivity index (χ0) is 24.9. The van der Waals surface area contributed by atoms with E-state index < -0.39 is 30.2 Å². The Balaban J connectivity index is 2.74. The zero-order valence-electron chi connectivity index (χ0n) is 19.2. The molecule has 0 fully saturated rings. The second kappa shape index (κ2) is 10.4. The normalized spacial score (nSPS) is 13.3. The Bertz CT molecular complexity index is 1030. The predicted molar refractivity (Wildman–Crippen MR) is 122 cm³/mol. The van der Waals surface area contributed by atoms with E-state index in [2.05, 4.69) is 23.2 Å². The highest BCUT2D eigenvalue weighted by Crippen LogP contribution is 2.38. The van der Waals surface area contributed by atoms with E-state index in [0.29, 0.717) is 10.2 Å². The van der Waals surface area contributed by atoms with E-state index in [0.717, 1.165) is 0 Å². The molecule has 2 amide bonds. The Morgan fingerprint density at radius 2 is 1.94 bits per heavy atom. The van der Waals surface area contributed by atoms with Gasteiger partial charge in [0.2, 0.25) is 5.91 Å². The molecule has 0 saturated heterocycles. The smallest absolute Gasteiger partial charge is 0.405 e. The summed E-state index contributed by atoms with van der Waals surface area (Å²) in [6.07, 6.45) is 5.50. The van der Waals surface area contributed by atoms with Gasteiger partial charge in [-0.15, -0.1) is 13.2 Å². The number of amides is 2. The second-order valence-electron chi connectivity index (χ2n) is 8.43. The van der Waals surface area contributed by atoms with Crippen molar-refractivity contribution >= 4 is 17.7 Å². The van der Waals surface area contributed by atoms with Crippen molar-refractivity contribution in [1.82, 2.24) is 14.8 Å². The summed E-state index contributed by atoms with van der Waals surface area (Å²) < 4.78 is 33.5. The first-order chi connectivity index (χ1) is 15.4. The maximum atomic E-state index is 13.9. The minimum Gasteiger partial charge on any atom is -0.441 e. The van der Waals surface area contributed by atoms with E-state index in [1.165, 1.54) is 35.6 Å². The molecule has 2 heterocycles.